The number of ether oxygens (including phenoxy) is 1. The highest BCUT2D eigenvalue weighted by Crippen LogP contribution is 2.16. The van der Waals surface area contributed by atoms with Crippen LogP contribution in [-0.2, 0) is 9.53 Å². The average Bonchev–Trinajstić information content (AvgIpc) is 2.72. The number of carbonyl (C=O) groups is 1. The first-order valence-corrected chi connectivity index (χ1v) is 10.4. The highest BCUT2D eigenvalue weighted by molar-refractivity contribution is 14.0. The summed E-state index contributed by atoms with van der Waals surface area (Å²) in [6.07, 6.45) is -0.682. The molecule has 3 N–H and O–H groups in total. The second-order valence-corrected chi connectivity index (χ2v) is 7.30. The third-order valence-corrected chi connectivity index (χ3v) is 4.92. The second kappa shape index (κ2) is 14.8. The van der Waals surface area contributed by atoms with Gasteiger partial charge in [-0.15, -0.1) is 24.0 Å². The zero-order valence-corrected chi connectivity index (χ0v) is 20.7. The van der Waals surface area contributed by atoms with Gasteiger partial charge in [-0.2, -0.15) is 0 Å². The van der Waals surface area contributed by atoms with E-state index in [0.717, 1.165) is 44.2 Å². The molecule has 0 radical (unpaired) electrons. The molecule has 1 atom stereocenters. The Labute approximate surface area is 201 Å². The van der Waals surface area contributed by atoms with Gasteiger partial charge in [0.1, 0.15) is 0 Å². The van der Waals surface area contributed by atoms with Crippen LogP contribution in [0.4, 0.5) is 0 Å². The van der Waals surface area contributed by atoms with Crippen LogP contribution in [0.5, 0.6) is 0 Å². The predicted octanol–water partition coefficient (Wildman–Crippen LogP) is 1.34. The van der Waals surface area contributed by atoms with E-state index in [1.54, 1.807) is 19.2 Å². The normalized spacial score (nSPS) is 16.0. The largest absolute Gasteiger partial charge is 0.386 e. The highest BCUT2D eigenvalue weighted by atomic mass is 127. The molecule has 1 aliphatic rings. The van der Waals surface area contributed by atoms with E-state index in [1.807, 2.05) is 19.1 Å². The lowest BCUT2D eigenvalue weighted by Crippen LogP contribution is -2.54. The number of aliphatic imine (C=N–C) groups is 1. The van der Waals surface area contributed by atoms with Crippen molar-refractivity contribution in [2.75, 3.05) is 66.1 Å². The standard InChI is InChI=1S/C20H32ClN5O3.HI/c1-3-22-20(24-14-18(27)16-4-6-17(21)7-5-16)26-11-9-25(10-12-26)15-19(28)23-8-13-29-2;/h4-7,18,27H,3,8-15H2,1-2H3,(H,22,24)(H,23,28);1H. The van der Waals surface area contributed by atoms with E-state index >= 15 is 0 Å². The van der Waals surface area contributed by atoms with Crippen molar-refractivity contribution in [1.29, 1.82) is 0 Å². The van der Waals surface area contributed by atoms with Crippen molar-refractivity contribution in [2.24, 2.45) is 4.99 Å². The predicted molar refractivity (Wildman–Crippen MR) is 131 cm³/mol. The number of hydrogen-bond donors (Lipinski definition) is 3. The minimum atomic E-state index is -0.682. The molecule has 0 bridgehead atoms. The van der Waals surface area contributed by atoms with Crippen LogP contribution < -0.4 is 10.6 Å². The number of halogens is 2. The third-order valence-electron chi connectivity index (χ3n) is 4.67. The minimum absolute atomic E-state index is 0. The van der Waals surface area contributed by atoms with Gasteiger partial charge in [0, 0.05) is 51.4 Å². The average molecular weight is 554 g/mol. The van der Waals surface area contributed by atoms with Crippen LogP contribution >= 0.6 is 35.6 Å². The summed E-state index contributed by atoms with van der Waals surface area (Å²) in [5.41, 5.74) is 0.790. The van der Waals surface area contributed by atoms with Gasteiger partial charge in [0.15, 0.2) is 5.96 Å². The topological polar surface area (TPSA) is 89.4 Å². The first-order chi connectivity index (χ1) is 14.0. The van der Waals surface area contributed by atoms with Gasteiger partial charge in [-0.1, -0.05) is 23.7 Å². The van der Waals surface area contributed by atoms with E-state index in [0.29, 0.717) is 24.7 Å². The van der Waals surface area contributed by atoms with Gasteiger partial charge in [0.2, 0.25) is 5.91 Å². The van der Waals surface area contributed by atoms with E-state index in [-0.39, 0.29) is 36.4 Å². The molecule has 10 heteroatoms. The van der Waals surface area contributed by atoms with Crippen molar-refractivity contribution in [3.63, 3.8) is 0 Å². The first-order valence-electron chi connectivity index (χ1n) is 9.98. The fraction of sp³-hybridized carbons (Fsp3) is 0.600. The lowest BCUT2D eigenvalue weighted by molar-refractivity contribution is -0.122. The number of aliphatic hydroxyl groups is 1. The van der Waals surface area contributed by atoms with Gasteiger partial charge in [0.25, 0.3) is 0 Å². The SMILES string of the molecule is CCNC(=NCC(O)c1ccc(Cl)cc1)N1CCN(CC(=O)NCCOC)CC1.I. The zero-order valence-electron chi connectivity index (χ0n) is 17.6. The van der Waals surface area contributed by atoms with E-state index in [1.165, 1.54) is 0 Å². The monoisotopic (exact) mass is 553 g/mol. The molecule has 1 aromatic carbocycles. The van der Waals surface area contributed by atoms with Gasteiger partial charge in [-0.05, 0) is 24.6 Å². The Morgan fingerprint density at radius 3 is 2.50 bits per heavy atom. The zero-order chi connectivity index (χ0) is 21.1. The fourth-order valence-corrected chi connectivity index (χ4v) is 3.18. The van der Waals surface area contributed by atoms with Crippen molar-refractivity contribution < 1.29 is 14.6 Å². The third kappa shape index (κ3) is 9.34. The maximum atomic E-state index is 11.9. The number of carbonyl (C=O) groups excluding carboxylic acids is 1. The van der Waals surface area contributed by atoms with Crippen molar-refractivity contribution >= 4 is 47.4 Å². The molecule has 1 amide bonds. The molecule has 8 nitrogen and oxygen atoms in total. The molecule has 1 aromatic rings. The lowest BCUT2D eigenvalue weighted by Gasteiger charge is -2.36. The number of guanidine groups is 1. The molecule has 2 rings (SSSR count). The van der Waals surface area contributed by atoms with Gasteiger partial charge in [-0.25, -0.2) is 0 Å². The number of methoxy groups -OCH3 is 1. The molecule has 170 valence electrons. The lowest BCUT2D eigenvalue weighted by atomic mass is 10.1. The summed E-state index contributed by atoms with van der Waals surface area (Å²) in [6, 6.07) is 7.15. The molecule has 1 saturated heterocycles. The van der Waals surface area contributed by atoms with Crippen molar-refractivity contribution in [2.45, 2.75) is 13.0 Å². The van der Waals surface area contributed by atoms with Gasteiger partial charge >= 0.3 is 0 Å². The number of nitrogens with zero attached hydrogens (tertiary/aromatic N) is 3. The van der Waals surface area contributed by atoms with Crippen LogP contribution in [0.3, 0.4) is 0 Å². The summed E-state index contributed by atoms with van der Waals surface area (Å²) in [7, 11) is 1.61. The molecule has 1 aliphatic heterocycles. The smallest absolute Gasteiger partial charge is 0.234 e. The first kappa shape index (κ1) is 26.9. The summed E-state index contributed by atoms with van der Waals surface area (Å²) in [4.78, 5) is 20.8. The van der Waals surface area contributed by atoms with Gasteiger partial charge in [0.05, 0.1) is 25.8 Å². The summed E-state index contributed by atoms with van der Waals surface area (Å²) in [5, 5.41) is 17.2. The number of benzene rings is 1. The molecular formula is C20H33ClIN5O3. The summed E-state index contributed by atoms with van der Waals surface area (Å²) >= 11 is 5.90. The van der Waals surface area contributed by atoms with Gasteiger partial charge in [-0.3, -0.25) is 14.7 Å². The maximum Gasteiger partial charge on any atom is 0.234 e. The Morgan fingerprint density at radius 2 is 1.90 bits per heavy atom. The number of rotatable bonds is 9. The van der Waals surface area contributed by atoms with E-state index in [4.69, 9.17) is 16.3 Å². The van der Waals surface area contributed by atoms with Crippen molar-refractivity contribution in [3.05, 3.63) is 34.9 Å². The Kier molecular flexibility index (Phi) is 13.3. The molecule has 1 fully saturated rings. The fourth-order valence-electron chi connectivity index (χ4n) is 3.06. The van der Waals surface area contributed by atoms with Crippen LogP contribution in [0.15, 0.2) is 29.3 Å². The molecule has 0 saturated carbocycles. The van der Waals surface area contributed by atoms with Crippen LogP contribution in [0, 0.1) is 0 Å². The number of aliphatic hydroxyl groups excluding tert-OH is 1. The molecule has 0 spiro atoms. The summed E-state index contributed by atoms with van der Waals surface area (Å²) < 4.78 is 4.94. The molecule has 30 heavy (non-hydrogen) atoms. The van der Waals surface area contributed by atoms with E-state index < -0.39 is 6.10 Å². The molecule has 0 aliphatic carbocycles. The second-order valence-electron chi connectivity index (χ2n) is 6.87. The number of nitrogens with one attached hydrogen (secondary N) is 2. The van der Waals surface area contributed by atoms with Crippen LogP contribution in [0.25, 0.3) is 0 Å². The Bertz CT molecular complexity index is 654. The summed E-state index contributed by atoms with van der Waals surface area (Å²) in [6.45, 7) is 7.58. The van der Waals surface area contributed by atoms with Gasteiger partial charge < -0.3 is 25.4 Å². The quantitative estimate of drug-likeness (QED) is 0.185. The molecule has 1 unspecified atom stereocenters. The van der Waals surface area contributed by atoms with Crippen molar-refractivity contribution in [3.8, 4) is 0 Å². The Morgan fingerprint density at radius 1 is 1.23 bits per heavy atom. The van der Waals surface area contributed by atoms with E-state index in [9.17, 15) is 9.90 Å². The Hall–Kier alpha value is -1.14. The number of amides is 1. The molecule has 1 heterocycles. The van der Waals surface area contributed by atoms with Crippen LogP contribution in [-0.4, -0.2) is 92.8 Å². The highest BCUT2D eigenvalue weighted by Gasteiger charge is 2.21. The number of piperazine rings is 1. The minimum Gasteiger partial charge on any atom is -0.386 e. The maximum absolute atomic E-state index is 11.9. The van der Waals surface area contributed by atoms with Crippen LogP contribution in [0.2, 0.25) is 5.02 Å². The molecule has 0 aromatic heterocycles. The molecular weight excluding hydrogens is 521 g/mol. The van der Waals surface area contributed by atoms with E-state index in [2.05, 4.69) is 25.4 Å². The van der Waals surface area contributed by atoms with Crippen LogP contribution in [0.1, 0.15) is 18.6 Å². The summed E-state index contributed by atoms with van der Waals surface area (Å²) in [5.74, 6) is 0.798. The Balaban J connectivity index is 0.00000450. The van der Waals surface area contributed by atoms with Crippen molar-refractivity contribution in [1.82, 2.24) is 20.4 Å². The number of hydrogen-bond acceptors (Lipinski definition) is 5.